The van der Waals surface area contributed by atoms with Crippen LogP contribution < -0.4 is 51.4 Å². The normalized spacial score (nSPS) is 9.20. The molecule has 0 N–H and O–H groups in total. The maximum atomic E-state index is 2.14. The Morgan fingerprint density at radius 1 is 1.10 bits per heavy atom. The molecule has 0 spiro atoms. The van der Waals surface area contributed by atoms with Gasteiger partial charge in [-0.25, -0.2) is 0 Å². The van der Waals surface area contributed by atoms with E-state index in [1.807, 2.05) is 0 Å². The van der Waals surface area contributed by atoms with Gasteiger partial charge in [-0.2, -0.15) is 0 Å². The molecule has 0 saturated heterocycles. The molecule has 0 aliphatic heterocycles. The van der Waals surface area contributed by atoms with Gasteiger partial charge in [0.25, 0.3) is 0 Å². The van der Waals surface area contributed by atoms with Crippen molar-refractivity contribution in [1.29, 1.82) is 0 Å². The minimum Gasteiger partial charge on any atom is -1.00 e. The number of hydrogen-bond acceptors (Lipinski definition) is 1. The van der Waals surface area contributed by atoms with Gasteiger partial charge in [0, 0.05) is 4.70 Å². The fourth-order valence-electron chi connectivity index (χ4n) is 0.906. The quantitative estimate of drug-likeness (QED) is 0.494. The third-order valence-corrected chi connectivity index (χ3v) is 2.26. The summed E-state index contributed by atoms with van der Waals surface area (Å²) < 4.78 is 1.37. The summed E-state index contributed by atoms with van der Waals surface area (Å²) in [5.41, 5.74) is 0. The fourth-order valence-corrected chi connectivity index (χ4v) is 1.70. The Kier molecular flexibility index (Phi) is 3.56. The first-order chi connectivity index (χ1) is 4.47. The minimum atomic E-state index is 0. The van der Waals surface area contributed by atoms with Crippen LogP contribution >= 0.6 is 11.3 Å². The van der Waals surface area contributed by atoms with Gasteiger partial charge in [-0.05, 0) is 22.9 Å². The second-order valence-electron chi connectivity index (χ2n) is 1.96. The van der Waals surface area contributed by atoms with Crippen molar-refractivity contribution in [1.82, 2.24) is 0 Å². The minimum absolute atomic E-state index is 0. The SMILES string of the molecule is [H-].[K+].c1ccc2sccc2c1. The summed E-state index contributed by atoms with van der Waals surface area (Å²) in [4.78, 5) is 0. The monoisotopic (exact) mass is 174 g/mol. The number of hydrogen-bond donors (Lipinski definition) is 0. The van der Waals surface area contributed by atoms with Crippen LogP contribution in [-0.2, 0) is 0 Å². The number of thiophene rings is 1. The summed E-state index contributed by atoms with van der Waals surface area (Å²) in [6, 6.07) is 10.5. The molecule has 0 atom stereocenters. The Morgan fingerprint density at radius 3 is 2.70 bits per heavy atom. The Bertz CT molecular complexity index is 288. The number of rotatable bonds is 0. The summed E-state index contributed by atoms with van der Waals surface area (Å²) in [5, 5.41) is 3.47. The topological polar surface area (TPSA) is 0 Å². The molecule has 0 aliphatic carbocycles. The summed E-state index contributed by atoms with van der Waals surface area (Å²) in [5.74, 6) is 0. The fraction of sp³-hybridized carbons (Fsp3) is 0. The molecule has 10 heavy (non-hydrogen) atoms. The number of benzene rings is 1. The van der Waals surface area contributed by atoms with Gasteiger partial charge in [-0.15, -0.1) is 11.3 Å². The van der Waals surface area contributed by atoms with E-state index in [1.165, 1.54) is 10.1 Å². The van der Waals surface area contributed by atoms with Gasteiger partial charge >= 0.3 is 51.4 Å². The predicted octanol–water partition coefficient (Wildman–Crippen LogP) is 0.0178. The van der Waals surface area contributed by atoms with E-state index in [1.54, 1.807) is 11.3 Å². The molecule has 0 amide bonds. The van der Waals surface area contributed by atoms with Crippen molar-refractivity contribution in [2.75, 3.05) is 0 Å². The van der Waals surface area contributed by atoms with E-state index in [9.17, 15) is 0 Å². The number of fused-ring (bicyclic) bond motifs is 1. The van der Waals surface area contributed by atoms with Crippen molar-refractivity contribution in [3.63, 3.8) is 0 Å². The Morgan fingerprint density at radius 2 is 1.90 bits per heavy atom. The van der Waals surface area contributed by atoms with Crippen LogP contribution in [0.1, 0.15) is 1.43 Å². The third-order valence-electron chi connectivity index (χ3n) is 1.36. The summed E-state index contributed by atoms with van der Waals surface area (Å²) in [7, 11) is 0. The zero-order valence-electron chi connectivity index (χ0n) is 6.87. The second-order valence-corrected chi connectivity index (χ2v) is 2.91. The molecular weight excluding hydrogens is 167 g/mol. The maximum Gasteiger partial charge on any atom is 1.00 e. The maximum absolute atomic E-state index is 2.14. The standard InChI is InChI=1S/C8H6S.K.H/c1-2-4-8-7(3-1)5-6-9-8;;/h1-6H;;/q;+1;-1. The zero-order chi connectivity index (χ0) is 6.10. The van der Waals surface area contributed by atoms with Crippen molar-refractivity contribution >= 4 is 21.4 Å². The Hall–Kier alpha value is 0.816. The largest absolute Gasteiger partial charge is 1.00 e. The molecule has 1 aromatic carbocycles. The summed E-state index contributed by atoms with van der Waals surface area (Å²) >= 11 is 1.79. The summed E-state index contributed by atoms with van der Waals surface area (Å²) in [6.07, 6.45) is 0. The molecule has 0 fully saturated rings. The van der Waals surface area contributed by atoms with Gasteiger partial charge in [0.2, 0.25) is 0 Å². The molecule has 0 unspecified atom stereocenters. The first-order valence-electron chi connectivity index (χ1n) is 2.89. The molecule has 2 rings (SSSR count). The van der Waals surface area contributed by atoms with Crippen molar-refractivity contribution in [2.45, 2.75) is 0 Å². The van der Waals surface area contributed by atoms with Crippen LogP contribution in [0.25, 0.3) is 10.1 Å². The van der Waals surface area contributed by atoms with Crippen molar-refractivity contribution < 1.29 is 52.8 Å². The van der Waals surface area contributed by atoms with E-state index in [-0.39, 0.29) is 52.8 Å². The molecule has 1 aromatic heterocycles. The van der Waals surface area contributed by atoms with Gasteiger partial charge in [0.05, 0.1) is 0 Å². The predicted molar refractivity (Wildman–Crippen MR) is 42.9 cm³/mol. The van der Waals surface area contributed by atoms with Crippen molar-refractivity contribution in [3.05, 3.63) is 35.7 Å². The molecule has 0 saturated carbocycles. The molecule has 0 aliphatic rings. The third kappa shape index (κ3) is 1.70. The van der Waals surface area contributed by atoms with E-state index in [0.29, 0.717) is 0 Å². The van der Waals surface area contributed by atoms with Gasteiger partial charge in [-0.3, -0.25) is 0 Å². The molecule has 1 heterocycles. The van der Waals surface area contributed by atoms with Crippen molar-refractivity contribution in [3.8, 4) is 0 Å². The molecule has 46 valence electrons. The van der Waals surface area contributed by atoms with Crippen LogP contribution in [0, 0.1) is 0 Å². The van der Waals surface area contributed by atoms with Crippen LogP contribution in [0.2, 0.25) is 0 Å². The molecular formula is C8H7KS. The molecule has 2 heteroatoms. The summed E-state index contributed by atoms with van der Waals surface area (Å²) in [6.45, 7) is 0. The average Bonchev–Trinajstić information content (AvgIpc) is 2.33. The average molecular weight is 174 g/mol. The first kappa shape index (κ1) is 8.91. The van der Waals surface area contributed by atoms with Gasteiger partial charge in [-0.1, -0.05) is 18.2 Å². The van der Waals surface area contributed by atoms with Crippen LogP contribution in [0.3, 0.4) is 0 Å². The van der Waals surface area contributed by atoms with E-state index in [4.69, 9.17) is 0 Å². The second kappa shape index (κ2) is 4.00. The van der Waals surface area contributed by atoms with Crippen LogP contribution in [0.15, 0.2) is 35.7 Å². The van der Waals surface area contributed by atoms with Gasteiger partial charge < -0.3 is 1.43 Å². The zero-order valence-corrected chi connectivity index (χ0v) is 9.81. The smallest absolute Gasteiger partial charge is 1.00 e. The van der Waals surface area contributed by atoms with Crippen LogP contribution in [-0.4, -0.2) is 0 Å². The van der Waals surface area contributed by atoms with E-state index in [2.05, 4.69) is 35.7 Å². The van der Waals surface area contributed by atoms with Crippen LogP contribution in [0.4, 0.5) is 0 Å². The molecule has 2 aromatic rings. The van der Waals surface area contributed by atoms with Crippen molar-refractivity contribution in [2.24, 2.45) is 0 Å². The van der Waals surface area contributed by atoms with E-state index >= 15 is 0 Å². The Balaban J connectivity index is 0.000000500. The molecule has 0 radical (unpaired) electrons. The Labute approximate surface area is 108 Å². The van der Waals surface area contributed by atoms with E-state index < -0.39 is 0 Å². The van der Waals surface area contributed by atoms with E-state index in [0.717, 1.165) is 0 Å². The molecule has 0 nitrogen and oxygen atoms in total. The first-order valence-corrected chi connectivity index (χ1v) is 3.77. The van der Waals surface area contributed by atoms with Gasteiger partial charge in [0.1, 0.15) is 0 Å². The van der Waals surface area contributed by atoms with Gasteiger partial charge in [0.15, 0.2) is 0 Å². The van der Waals surface area contributed by atoms with Crippen LogP contribution in [0.5, 0.6) is 0 Å². The molecule has 0 bridgehead atoms.